The van der Waals surface area contributed by atoms with Gasteiger partial charge in [0, 0.05) is 37.1 Å². The number of hydrogen-bond acceptors (Lipinski definition) is 5. The van der Waals surface area contributed by atoms with E-state index in [0.717, 1.165) is 11.4 Å². The maximum atomic E-state index is 10.9. The second-order valence-corrected chi connectivity index (χ2v) is 6.04. The molecule has 3 rings (SSSR count). The number of para-hydroxylation sites is 1. The molecule has 1 unspecified atom stereocenters. The van der Waals surface area contributed by atoms with Crippen LogP contribution in [-0.2, 0) is 7.05 Å². The largest absolute Gasteiger partial charge is 0.496 e. The molecular formula is C18H17ClN4O3. The first kappa shape index (κ1) is 17.8. The van der Waals surface area contributed by atoms with Crippen molar-refractivity contribution in [3.63, 3.8) is 0 Å². The average molecular weight is 373 g/mol. The van der Waals surface area contributed by atoms with Crippen LogP contribution in [0.1, 0.15) is 17.4 Å². The summed E-state index contributed by atoms with van der Waals surface area (Å²) in [7, 11) is 3.50. The van der Waals surface area contributed by atoms with E-state index in [9.17, 15) is 10.1 Å². The first-order valence-electron chi connectivity index (χ1n) is 7.82. The molecule has 1 heterocycles. The number of aromatic nitrogens is 2. The van der Waals surface area contributed by atoms with Crippen molar-refractivity contribution in [2.75, 3.05) is 12.4 Å². The van der Waals surface area contributed by atoms with Crippen LogP contribution < -0.4 is 10.1 Å². The standard InChI is InChI=1S/C18H17ClN4O3/c1-22-10-9-20-18(22)17(13-5-3-4-6-16(13)26-2)21-15-8-7-12(23(24)25)11-14(15)19/h3-11,17,21H,1-2H3. The molecule has 1 N–H and O–H groups in total. The van der Waals surface area contributed by atoms with Gasteiger partial charge in [-0.3, -0.25) is 10.1 Å². The van der Waals surface area contributed by atoms with E-state index in [0.29, 0.717) is 11.4 Å². The van der Waals surface area contributed by atoms with Gasteiger partial charge in [0.05, 0.1) is 22.7 Å². The molecule has 3 aromatic rings. The Balaban J connectivity index is 2.05. The monoisotopic (exact) mass is 372 g/mol. The van der Waals surface area contributed by atoms with Gasteiger partial charge in [0.1, 0.15) is 17.6 Å². The minimum absolute atomic E-state index is 0.0635. The number of nitro groups is 1. The summed E-state index contributed by atoms with van der Waals surface area (Å²) < 4.78 is 7.38. The van der Waals surface area contributed by atoms with Crippen LogP contribution in [0.15, 0.2) is 54.9 Å². The predicted octanol–water partition coefficient (Wildman–Crippen LogP) is 4.19. The van der Waals surface area contributed by atoms with Gasteiger partial charge in [-0.15, -0.1) is 0 Å². The maximum Gasteiger partial charge on any atom is 0.271 e. The fourth-order valence-corrected chi connectivity index (χ4v) is 2.96. The Kier molecular flexibility index (Phi) is 5.09. The molecule has 8 heteroatoms. The molecule has 0 radical (unpaired) electrons. The van der Waals surface area contributed by atoms with E-state index >= 15 is 0 Å². The van der Waals surface area contributed by atoms with E-state index in [4.69, 9.17) is 16.3 Å². The highest BCUT2D eigenvalue weighted by atomic mass is 35.5. The Morgan fingerprint density at radius 2 is 2.08 bits per heavy atom. The topological polar surface area (TPSA) is 82.2 Å². The van der Waals surface area contributed by atoms with E-state index in [2.05, 4.69) is 10.3 Å². The number of benzene rings is 2. The number of imidazole rings is 1. The van der Waals surface area contributed by atoms with Crippen molar-refractivity contribution in [2.24, 2.45) is 7.05 Å². The van der Waals surface area contributed by atoms with Gasteiger partial charge in [0.15, 0.2) is 0 Å². The third-order valence-corrected chi connectivity index (χ3v) is 4.34. The van der Waals surface area contributed by atoms with Crippen LogP contribution in [0, 0.1) is 10.1 Å². The molecule has 0 aliphatic carbocycles. The molecule has 0 aliphatic heterocycles. The molecule has 0 fully saturated rings. The first-order chi connectivity index (χ1) is 12.5. The lowest BCUT2D eigenvalue weighted by molar-refractivity contribution is -0.384. The molecule has 26 heavy (non-hydrogen) atoms. The summed E-state index contributed by atoms with van der Waals surface area (Å²) >= 11 is 6.25. The van der Waals surface area contributed by atoms with E-state index in [1.807, 2.05) is 42.1 Å². The summed E-state index contributed by atoms with van der Waals surface area (Å²) in [6.07, 6.45) is 3.55. The molecule has 0 bridgehead atoms. The third-order valence-electron chi connectivity index (χ3n) is 4.03. The highest BCUT2D eigenvalue weighted by Gasteiger charge is 2.23. The quantitative estimate of drug-likeness (QED) is 0.518. The molecule has 0 aliphatic rings. The molecule has 134 valence electrons. The minimum Gasteiger partial charge on any atom is -0.496 e. The smallest absolute Gasteiger partial charge is 0.271 e. The summed E-state index contributed by atoms with van der Waals surface area (Å²) in [6.45, 7) is 0. The third kappa shape index (κ3) is 3.48. The highest BCUT2D eigenvalue weighted by Crippen LogP contribution is 2.35. The Bertz CT molecular complexity index is 942. The van der Waals surface area contributed by atoms with Gasteiger partial charge < -0.3 is 14.6 Å². The number of halogens is 1. The second-order valence-electron chi connectivity index (χ2n) is 5.64. The Hall–Kier alpha value is -3.06. The molecule has 0 amide bonds. The zero-order valence-corrected chi connectivity index (χ0v) is 15.0. The van der Waals surface area contributed by atoms with Gasteiger partial charge in [0.2, 0.25) is 0 Å². The SMILES string of the molecule is COc1ccccc1C(Nc1ccc([N+](=O)[O-])cc1Cl)c1nccn1C. The molecule has 0 saturated heterocycles. The maximum absolute atomic E-state index is 10.9. The van der Waals surface area contributed by atoms with Crippen LogP contribution in [-0.4, -0.2) is 21.6 Å². The molecule has 0 spiro atoms. The molecule has 2 aromatic carbocycles. The molecule has 0 saturated carbocycles. The van der Waals surface area contributed by atoms with Gasteiger partial charge in [-0.05, 0) is 12.1 Å². The number of ether oxygens (including phenoxy) is 1. The van der Waals surface area contributed by atoms with Crippen molar-refractivity contribution in [1.82, 2.24) is 9.55 Å². The number of anilines is 1. The van der Waals surface area contributed by atoms with Gasteiger partial charge in [0.25, 0.3) is 5.69 Å². The van der Waals surface area contributed by atoms with Crippen LogP contribution >= 0.6 is 11.6 Å². The van der Waals surface area contributed by atoms with E-state index in [1.54, 1.807) is 19.4 Å². The minimum atomic E-state index is -0.480. The van der Waals surface area contributed by atoms with Crippen molar-refractivity contribution in [3.05, 3.63) is 81.4 Å². The number of aryl methyl sites for hydroxylation is 1. The normalized spacial score (nSPS) is 11.8. The fraction of sp³-hybridized carbons (Fsp3) is 0.167. The fourth-order valence-electron chi connectivity index (χ4n) is 2.73. The van der Waals surface area contributed by atoms with Crippen molar-refractivity contribution >= 4 is 23.0 Å². The van der Waals surface area contributed by atoms with E-state index < -0.39 is 4.92 Å². The lowest BCUT2D eigenvalue weighted by Gasteiger charge is -2.22. The van der Waals surface area contributed by atoms with Crippen molar-refractivity contribution in [2.45, 2.75) is 6.04 Å². The number of nitrogens with one attached hydrogen (secondary N) is 1. The van der Waals surface area contributed by atoms with Gasteiger partial charge in [-0.1, -0.05) is 29.8 Å². The lowest BCUT2D eigenvalue weighted by Crippen LogP contribution is -2.17. The Morgan fingerprint density at radius 1 is 1.31 bits per heavy atom. The van der Waals surface area contributed by atoms with Crippen LogP contribution in [0.3, 0.4) is 0 Å². The number of methoxy groups -OCH3 is 1. The highest BCUT2D eigenvalue weighted by molar-refractivity contribution is 6.33. The zero-order chi connectivity index (χ0) is 18.7. The first-order valence-corrected chi connectivity index (χ1v) is 8.19. The van der Waals surface area contributed by atoms with Crippen molar-refractivity contribution in [3.8, 4) is 5.75 Å². The molecule has 1 atom stereocenters. The number of hydrogen-bond donors (Lipinski definition) is 1. The summed E-state index contributed by atoms with van der Waals surface area (Å²) in [5.74, 6) is 1.45. The van der Waals surface area contributed by atoms with Gasteiger partial charge in [-0.25, -0.2) is 4.98 Å². The summed E-state index contributed by atoms with van der Waals surface area (Å²) in [6, 6.07) is 11.6. The van der Waals surface area contributed by atoms with E-state index in [1.165, 1.54) is 12.1 Å². The number of non-ortho nitro benzene ring substituents is 1. The Morgan fingerprint density at radius 3 is 2.69 bits per heavy atom. The zero-order valence-electron chi connectivity index (χ0n) is 14.2. The van der Waals surface area contributed by atoms with Gasteiger partial charge in [-0.2, -0.15) is 0 Å². The number of rotatable bonds is 6. The molecule has 7 nitrogen and oxygen atoms in total. The summed E-state index contributed by atoms with van der Waals surface area (Å²) in [4.78, 5) is 14.9. The molecule has 1 aromatic heterocycles. The van der Waals surface area contributed by atoms with Crippen LogP contribution in [0.5, 0.6) is 5.75 Å². The number of nitrogens with zero attached hydrogens (tertiary/aromatic N) is 3. The summed E-state index contributed by atoms with van der Waals surface area (Å²) in [5.41, 5.74) is 1.38. The average Bonchev–Trinajstić information content (AvgIpc) is 3.06. The molecular weight excluding hydrogens is 356 g/mol. The lowest BCUT2D eigenvalue weighted by atomic mass is 10.0. The van der Waals surface area contributed by atoms with Crippen LogP contribution in [0.4, 0.5) is 11.4 Å². The predicted molar refractivity (Wildman–Crippen MR) is 99.8 cm³/mol. The van der Waals surface area contributed by atoms with Crippen molar-refractivity contribution in [1.29, 1.82) is 0 Å². The number of nitro benzene ring substituents is 1. The van der Waals surface area contributed by atoms with Crippen LogP contribution in [0.25, 0.3) is 0 Å². The second kappa shape index (κ2) is 7.45. The summed E-state index contributed by atoms with van der Waals surface area (Å²) in [5, 5.41) is 14.5. The van der Waals surface area contributed by atoms with Gasteiger partial charge >= 0.3 is 0 Å². The van der Waals surface area contributed by atoms with Crippen LogP contribution in [0.2, 0.25) is 5.02 Å². The van der Waals surface area contributed by atoms with Crippen molar-refractivity contribution < 1.29 is 9.66 Å². The Labute approximate surface area is 155 Å². The van der Waals surface area contributed by atoms with E-state index in [-0.39, 0.29) is 16.8 Å².